The van der Waals surface area contributed by atoms with E-state index in [1.807, 2.05) is 18.2 Å². The Bertz CT molecular complexity index is 1120. The fraction of sp³-hybridized carbons (Fsp3) is 0.562. The molecule has 0 bridgehead atoms. The number of benzene rings is 2. The van der Waals surface area contributed by atoms with E-state index in [0.717, 1.165) is 34.1 Å². The molecule has 0 N–H and O–H groups in total. The predicted molar refractivity (Wildman–Crippen MR) is 169 cm³/mol. The largest absolute Gasteiger partial charge is 0.541 e. The highest BCUT2D eigenvalue weighted by atomic mass is 28.4. The van der Waals surface area contributed by atoms with Gasteiger partial charge in [-0.15, -0.1) is 0 Å². The van der Waals surface area contributed by atoms with Gasteiger partial charge < -0.3 is 18.3 Å². The number of hydrogen-bond acceptors (Lipinski definition) is 4. The summed E-state index contributed by atoms with van der Waals surface area (Å²) in [6, 6.07) is 10.3. The first-order valence-corrected chi connectivity index (χ1v) is 19.4. The lowest BCUT2D eigenvalue weighted by molar-refractivity contribution is 0.394. The van der Waals surface area contributed by atoms with Crippen LogP contribution in [0.2, 0.25) is 36.3 Å². The van der Waals surface area contributed by atoms with Crippen LogP contribution in [0.3, 0.4) is 0 Å². The number of rotatable bonds is 8. The van der Waals surface area contributed by atoms with Crippen molar-refractivity contribution in [2.24, 2.45) is 0 Å². The highest BCUT2D eigenvalue weighted by Crippen LogP contribution is 2.48. The van der Waals surface area contributed by atoms with Crippen LogP contribution in [-0.4, -0.2) is 30.9 Å². The summed E-state index contributed by atoms with van der Waals surface area (Å²) in [5.74, 6) is 3.30. The maximum absolute atomic E-state index is 7.07. The first kappa shape index (κ1) is 32.0. The Balaban J connectivity index is 2.78. The zero-order chi connectivity index (χ0) is 29.3. The van der Waals surface area contributed by atoms with E-state index in [9.17, 15) is 0 Å². The fourth-order valence-corrected chi connectivity index (χ4v) is 5.45. The third-order valence-electron chi connectivity index (χ3n) is 8.06. The van der Waals surface area contributed by atoms with Crippen LogP contribution in [0.5, 0.6) is 23.0 Å². The lowest BCUT2D eigenvalue weighted by atomic mass is 9.85. The number of ether oxygens (including phenoxy) is 2. The second-order valence-electron chi connectivity index (χ2n) is 14.3. The Kier molecular flexibility index (Phi) is 9.38. The summed E-state index contributed by atoms with van der Waals surface area (Å²) in [5.41, 5.74) is 3.12. The molecule has 2 rings (SSSR count). The Morgan fingerprint density at radius 1 is 0.579 bits per heavy atom. The average Bonchev–Trinajstić information content (AvgIpc) is 2.76. The molecule has 2 aromatic carbocycles. The third-order valence-corrected chi connectivity index (χ3v) is 16.7. The molecule has 0 aliphatic heterocycles. The highest BCUT2D eigenvalue weighted by molar-refractivity contribution is 6.75. The monoisotopic (exact) mass is 556 g/mol. The molecule has 0 saturated heterocycles. The van der Waals surface area contributed by atoms with E-state index in [4.69, 9.17) is 18.3 Å². The van der Waals surface area contributed by atoms with Gasteiger partial charge in [-0.25, -0.2) is 0 Å². The molecule has 0 saturated carbocycles. The molecule has 4 nitrogen and oxygen atoms in total. The van der Waals surface area contributed by atoms with Gasteiger partial charge in [-0.2, -0.15) is 0 Å². The first-order chi connectivity index (χ1) is 17.1. The fourth-order valence-electron chi connectivity index (χ4n) is 3.41. The van der Waals surface area contributed by atoms with Crippen LogP contribution >= 0.6 is 0 Å². The second-order valence-corrected chi connectivity index (χ2v) is 23.8. The van der Waals surface area contributed by atoms with Gasteiger partial charge in [0.1, 0.15) is 23.0 Å². The van der Waals surface area contributed by atoms with Crippen molar-refractivity contribution < 1.29 is 18.3 Å². The third kappa shape index (κ3) is 7.69. The molecule has 0 amide bonds. The molecule has 0 aliphatic rings. The van der Waals surface area contributed by atoms with Crippen molar-refractivity contribution in [2.45, 2.75) is 104 Å². The molecular weight excluding hydrogens is 505 g/mol. The van der Waals surface area contributed by atoms with E-state index in [-0.39, 0.29) is 15.5 Å². The van der Waals surface area contributed by atoms with Crippen LogP contribution in [0.1, 0.15) is 79.0 Å². The minimum absolute atomic E-state index is 0.0616. The minimum Gasteiger partial charge on any atom is -0.541 e. The van der Waals surface area contributed by atoms with E-state index in [2.05, 4.69) is 113 Å². The van der Waals surface area contributed by atoms with Gasteiger partial charge in [-0.05, 0) is 77.1 Å². The molecule has 0 fully saturated rings. The summed E-state index contributed by atoms with van der Waals surface area (Å²) in [5, 5.41) is 0.131. The number of methoxy groups -OCH3 is 2. The van der Waals surface area contributed by atoms with Gasteiger partial charge >= 0.3 is 0 Å². The van der Waals surface area contributed by atoms with Crippen LogP contribution in [0.4, 0.5) is 0 Å². The van der Waals surface area contributed by atoms with Crippen molar-refractivity contribution in [3.8, 4) is 23.0 Å². The van der Waals surface area contributed by atoms with Gasteiger partial charge in [-0.3, -0.25) is 0 Å². The molecular formula is C32H52O4Si2. The molecule has 0 radical (unpaired) electrons. The van der Waals surface area contributed by atoms with Crippen LogP contribution < -0.4 is 18.3 Å². The average molecular weight is 557 g/mol. The normalized spacial score (nSPS) is 13.6. The maximum atomic E-state index is 7.07. The van der Waals surface area contributed by atoms with Gasteiger partial charge in [0, 0.05) is 11.6 Å². The molecule has 0 heterocycles. The Morgan fingerprint density at radius 2 is 1.00 bits per heavy atom. The summed E-state index contributed by atoms with van der Waals surface area (Å²) < 4.78 is 25.0. The Morgan fingerprint density at radius 3 is 1.39 bits per heavy atom. The molecule has 0 spiro atoms. The van der Waals surface area contributed by atoms with Crippen LogP contribution in [-0.2, 0) is 5.41 Å². The molecule has 0 atom stereocenters. The van der Waals surface area contributed by atoms with E-state index < -0.39 is 16.6 Å². The van der Waals surface area contributed by atoms with Crippen LogP contribution in [0.25, 0.3) is 12.2 Å². The van der Waals surface area contributed by atoms with Crippen LogP contribution in [0, 0.1) is 0 Å². The van der Waals surface area contributed by atoms with Gasteiger partial charge in [0.25, 0.3) is 16.6 Å². The molecule has 6 heteroatoms. The lowest BCUT2D eigenvalue weighted by Gasteiger charge is -2.41. The predicted octanol–water partition coefficient (Wildman–Crippen LogP) is 9.94. The smallest absolute Gasteiger partial charge is 0.250 e. The van der Waals surface area contributed by atoms with Crippen molar-refractivity contribution in [2.75, 3.05) is 14.2 Å². The quantitative estimate of drug-likeness (QED) is 0.239. The highest BCUT2D eigenvalue weighted by Gasteiger charge is 2.43. The van der Waals surface area contributed by atoms with Crippen LogP contribution in [0.15, 0.2) is 30.3 Å². The van der Waals surface area contributed by atoms with Crippen molar-refractivity contribution in [1.29, 1.82) is 0 Å². The summed E-state index contributed by atoms with van der Waals surface area (Å²) in [7, 11) is -0.925. The van der Waals surface area contributed by atoms with E-state index >= 15 is 0 Å². The Labute approximate surface area is 235 Å². The van der Waals surface area contributed by atoms with Crippen molar-refractivity contribution in [1.82, 2.24) is 0 Å². The summed E-state index contributed by atoms with van der Waals surface area (Å²) in [6.45, 7) is 29.6. The van der Waals surface area contributed by atoms with Gasteiger partial charge in [0.15, 0.2) is 0 Å². The number of hydrogen-bond donors (Lipinski definition) is 0. The zero-order valence-electron chi connectivity index (χ0n) is 26.7. The first-order valence-electron chi connectivity index (χ1n) is 13.6. The van der Waals surface area contributed by atoms with Crippen molar-refractivity contribution in [3.63, 3.8) is 0 Å². The summed E-state index contributed by atoms with van der Waals surface area (Å²) in [6.07, 6.45) is 4.23. The van der Waals surface area contributed by atoms with Gasteiger partial charge in [-0.1, -0.05) is 74.5 Å². The topological polar surface area (TPSA) is 36.9 Å². The van der Waals surface area contributed by atoms with Crippen molar-refractivity contribution >= 4 is 28.8 Å². The molecule has 0 aromatic heterocycles. The molecule has 212 valence electrons. The van der Waals surface area contributed by atoms with Gasteiger partial charge in [0.05, 0.1) is 14.2 Å². The zero-order valence-corrected chi connectivity index (χ0v) is 28.7. The SMILES string of the molecule is COc1cc(/C=C\c2cc(O[Si](C)(C)C(C)(C)C)c(O[Si](C)(C)C(C)(C)C)c(C(C)(C)C)c2)cc(OC)c1. The standard InChI is InChI=1S/C32H52O4Si2/c1-30(2,3)27-20-24(17-16-23-18-25(33-10)22-26(19-23)34-11)21-28(35-37(12,13)31(4,5)6)29(27)36-38(14,15)32(7,8)9/h16-22H,1-15H3/b17-16-. The van der Waals surface area contributed by atoms with E-state index in [1.165, 1.54) is 5.56 Å². The second kappa shape index (κ2) is 11.1. The minimum atomic E-state index is -2.14. The summed E-state index contributed by atoms with van der Waals surface area (Å²) in [4.78, 5) is 0. The van der Waals surface area contributed by atoms with E-state index in [1.54, 1.807) is 14.2 Å². The van der Waals surface area contributed by atoms with Crippen molar-refractivity contribution in [3.05, 3.63) is 47.0 Å². The molecule has 0 aliphatic carbocycles. The molecule has 0 unspecified atom stereocenters. The molecule has 2 aromatic rings. The molecule has 38 heavy (non-hydrogen) atoms. The lowest BCUT2D eigenvalue weighted by Crippen LogP contribution is -2.46. The summed E-state index contributed by atoms with van der Waals surface area (Å²) >= 11 is 0. The van der Waals surface area contributed by atoms with E-state index in [0.29, 0.717) is 0 Å². The Hall–Kier alpha value is -2.19. The van der Waals surface area contributed by atoms with Gasteiger partial charge in [0.2, 0.25) is 0 Å². The maximum Gasteiger partial charge on any atom is 0.250 e.